The quantitative estimate of drug-likeness (QED) is 0.568. The molecule has 150 valence electrons. The molecule has 0 amide bonds. The molecule has 0 aliphatic rings. The summed E-state index contributed by atoms with van der Waals surface area (Å²) in [5.41, 5.74) is 2.23. The monoisotopic (exact) mass is 449 g/mol. The first-order valence-corrected chi connectivity index (χ1v) is 10.8. The first kappa shape index (κ1) is 21.2. The van der Waals surface area contributed by atoms with E-state index in [4.69, 9.17) is 23.2 Å². The average Bonchev–Trinajstić information content (AvgIpc) is 2.63. The van der Waals surface area contributed by atoms with Crippen molar-refractivity contribution in [2.24, 2.45) is 0 Å². The molecule has 6 nitrogen and oxygen atoms in total. The Morgan fingerprint density at radius 3 is 2.38 bits per heavy atom. The van der Waals surface area contributed by atoms with Crippen LogP contribution in [0.5, 0.6) is 0 Å². The summed E-state index contributed by atoms with van der Waals surface area (Å²) in [6, 6.07) is 7.42. The molecule has 0 spiro atoms. The van der Waals surface area contributed by atoms with E-state index < -0.39 is 15.8 Å². The van der Waals surface area contributed by atoms with E-state index in [1.807, 2.05) is 0 Å². The minimum absolute atomic E-state index is 0.0261. The maximum absolute atomic E-state index is 13.1. The lowest BCUT2D eigenvalue weighted by atomic mass is 10.0. The molecule has 29 heavy (non-hydrogen) atoms. The zero-order valence-electron chi connectivity index (χ0n) is 15.8. The Morgan fingerprint density at radius 2 is 1.72 bits per heavy atom. The number of nitrogens with zero attached hydrogens (tertiary/aromatic N) is 2. The molecule has 0 unspecified atom stereocenters. The molecule has 2 aromatic heterocycles. The number of nitrogens with one attached hydrogen (secondary N) is 1. The number of hydrogen-bond acceptors (Lipinski definition) is 5. The van der Waals surface area contributed by atoms with Gasteiger partial charge in [0.15, 0.2) is 0 Å². The predicted molar refractivity (Wildman–Crippen MR) is 113 cm³/mol. The van der Waals surface area contributed by atoms with Crippen LogP contribution in [0.15, 0.2) is 47.6 Å². The van der Waals surface area contributed by atoms with Gasteiger partial charge in [-0.25, -0.2) is 13.4 Å². The Morgan fingerprint density at radius 1 is 1.00 bits per heavy atom. The van der Waals surface area contributed by atoms with Gasteiger partial charge in [0, 0.05) is 28.7 Å². The van der Waals surface area contributed by atoms with Gasteiger partial charge in [-0.3, -0.25) is 14.5 Å². The topological polar surface area (TPSA) is 89.0 Å². The summed E-state index contributed by atoms with van der Waals surface area (Å²) < 4.78 is 28.1. The van der Waals surface area contributed by atoms with Crippen LogP contribution in [0.3, 0.4) is 0 Å². The molecular weight excluding hydrogens is 433 g/mol. The highest BCUT2D eigenvalue weighted by Crippen LogP contribution is 2.27. The van der Waals surface area contributed by atoms with Gasteiger partial charge in [0.2, 0.25) is 5.78 Å². The molecular formula is C20H17Cl2N3O3S. The molecule has 3 rings (SSSR count). The lowest BCUT2D eigenvalue weighted by Crippen LogP contribution is -2.18. The van der Waals surface area contributed by atoms with Gasteiger partial charge >= 0.3 is 0 Å². The number of carbonyl (C=O) groups is 1. The number of aryl methyl sites for hydroxylation is 3. The molecule has 9 heteroatoms. The van der Waals surface area contributed by atoms with Gasteiger partial charge in [-0.15, -0.1) is 0 Å². The first-order chi connectivity index (χ1) is 13.6. The number of rotatable bonds is 5. The summed E-state index contributed by atoms with van der Waals surface area (Å²) in [4.78, 5) is 21.3. The molecule has 1 N–H and O–H groups in total. The van der Waals surface area contributed by atoms with E-state index in [1.165, 1.54) is 24.4 Å². The predicted octanol–water partition coefficient (Wildman–Crippen LogP) is 4.74. The molecule has 0 fully saturated rings. The molecule has 0 saturated heterocycles. The van der Waals surface area contributed by atoms with Gasteiger partial charge in [-0.1, -0.05) is 29.3 Å². The second-order valence-electron chi connectivity index (χ2n) is 6.48. The number of hydrogen-bond donors (Lipinski definition) is 1. The molecule has 1 aromatic carbocycles. The number of carbonyl (C=O) groups excluding carboxylic acids is 1. The SMILES string of the molecule is Cc1ccc(S(=O)(=O)Nc2cc(Cl)cnc2C(=O)c2c(C)ccnc2C)cc1Cl. The smallest absolute Gasteiger partial charge is 0.262 e. The highest BCUT2D eigenvalue weighted by Gasteiger charge is 2.24. The largest absolute Gasteiger partial charge is 0.287 e. The number of benzene rings is 1. The van der Waals surface area contributed by atoms with Crippen molar-refractivity contribution >= 4 is 44.7 Å². The number of ketones is 1. The van der Waals surface area contributed by atoms with E-state index >= 15 is 0 Å². The summed E-state index contributed by atoms with van der Waals surface area (Å²) in [6.45, 7) is 5.24. The fourth-order valence-electron chi connectivity index (χ4n) is 2.80. The number of aromatic nitrogens is 2. The summed E-state index contributed by atoms with van der Waals surface area (Å²) in [7, 11) is -4.03. The minimum atomic E-state index is -4.03. The summed E-state index contributed by atoms with van der Waals surface area (Å²) in [5, 5.41) is 0.496. The summed E-state index contributed by atoms with van der Waals surface area (Å²) in [6.07, 6.45) is 2.89. The van der Waals surface area contributed by atoms with E-state index in [9.17, 15) is 13.2 Å². The van der Waals surface area contributed by atoms with E-state index in [0.29, 0.717) is 21.8 Å². The Labute approximate surface area is 179 Å². The molecule has 0 aliphatic heterocycles. The van der Waals surface area contributed by atoms with E-state index in [2.05, 4.69) is 14.7 Å². The van der Waals surface area contributed by atoms with E-state index in [0.717, 1.165) is 5.56 Å². The molecule has 3 aromatic rings. The van der Waals surface area contributed by atoms with E-state index in [-0.39, 0.29) is 21.3 Å². The van der Waals surface area contributed by atoms with Crippen LogP contribution in [0.1, 0.15) is 32.9 Å². The van der Waals surface area contributed by atoms with Crippen molar-refractivity contribution in [3.05, 3.63) is 80.8 Å². The van der Waals surface area contributed by atoms with Crippen LogP contribution < -0.4 is 4.72 Å². The van der Waals surface area contributed by atoms with Gasteiger partial charge in [0.1, 0.15) is 5.69 Å². The molecule has 0 aliphatic carbocycles. The number of halogens is 2. The van der Waals surface area contributed by atoms with Crippen LogP contribution in [0.4, 0.5) is 5.69 Å². The van der Waals surface area contributed by atoms with Gasteiger partial charge in [0.25, 0.3) is 10.0 Å². The maximum Gasteiger partial charge on any atom is 0.262 e. The second kappa shape index (κ2) is 8.10. The van der Waals surface area contributed by atoms with Crippen LogP contribution >= 0.6 is 23.2 Å². The summed E-state index contributed by atoms with van der Waals surface area (Å²) in [5.74, 6) is -0.454. The second-order valence-corrected chi connectivity index (χ2v) is 9.01. The highest BCUT2D eigenvalue weighted by molar-refractivity contribution is 7.92. The Kier molecular flexibility index (Phi) is 5.93. The van der Waals surface area contributed by atoms with Gasteiger partial charge in [-0.2, -0.15) is 0 Å². The fourth-order valence-corrected chi connectivity index (χ4v) is 4.28. The third-order valence-corrected chi connectivity index (χ3v) is 6.32. The van der Waals surface area contributed by atoms with Crippen LogP contribution in [-0.2, 0) is 10.0 Å². The van der Waals surface area contributed by atoms with Crippen molar-refractivity contribution in [3.63, 3.8) is 0 Å². The fraction of sp³-hybridized carbons (Fsp3) is 0.150. The zero-order chi connectivity index (χ0) is 21.3. The first-order valence-electron chi connectivity index (χ1n) is 8.51. The van der Waals surface area contributed by atoms with E-state index in [1.54, 1.807) is 39.1 Å². The number of anilines is 1. The molecule has 0 saturated carbocycles. The zero-order valence-corrected chi connectivity index (χ0v) is 18.2. The Hall–Kier alpha value is -2.48. The number of sulfonamides is 1. The molecule has 0 radical (unpaired) electrons. The Balaban J connectivity index is 2.08. The molecule has 2 heterocycles. The maximum atomic E-state index is 13.1. The van der Waals surface area contributed by atoms with Crippen molar-refractivity contribution in [2.45, 2.75) is 25.7 Å². The minimum Gasteiger partial charge on any atom is -0.287 e. The van der Waals surface area contributed by atoms with Crippen LogP contribution in [0, 0.1) is 20.8 Å². The van der Waals surface area contributed by atoms with Gasteiger partial charge in [0.05, 0.1) is 15.6 Å². The van der Waals surface area contributed by atoms with Crippen molar-refractivity contribution in [2.75, 3.05) is 4.72 Å². The van der Waals surface area contributed by atoms with Crippen molar-refractivity contribution in [1.82, 2.24) is 9.97 Å². The highest BCUT2D eigenvalue weighted by atomic mass is 35.5. The van der Waals surface area contributed by atoms with Crippen molar-refractivity contribution in [3.8, 4) is 0 Å². The van der Waals surface area contributed by atoms with Crippen LogP contribution in [-0.4, -0.2) is 24.2 Å². The third kappa shape index (κ3) is 4.42. The van der Waals surface area contributed by atoms with Crippen molar-refractivity contribution in [1.29, 1.82) is 0 Å². The van der Waals surface area contributed by atoms with Crippen molar-refractivity contribution < 1.29 is 13.2 Å². The lowest BCUT2D eigenvalue weighted by molar-refractivity contribution is 0.103. The van der Waals surface area contributed by atoms with Crippen LogP contribution in [0.2, 0.25) is 10.0 Å². The summed E-state index contributed by atoms with van der Waals surface area (Å²) >= 11 is 12.1. The van der Waals surface area contributed by atoms with Gasteiger partial charge < -0.3 is 0 Å². The lowest BCUT2D eigenvalue weighted by Gasteiger charge is -2.14. The Bertz CT molecular complexity index is 1210. The standard InChI is InChI=1S/C20H17Cl2N3O3S/c1-11-4-5-15(9-16(11)22)29(27,28)25-17-8-14(21)10-24-19(17)20(26)18-12(2)6-7-23-13(18)3/h4-10,25H,1-3H3. The molecule has 0 bridgehead atoms. The average molecular weight is 450 g/mol. The molecule has 0 atom stereocenters. The van der Waals surface area contributed by atoms with Crippen LogP contribution in [0.25, 0.3) is 0 Å². The van der Waals surface area contributed by atoms with Gasteiger partial charge in [-0.05, 0) is 56.2 Å². The third-order valence-electron chi connectivity index (χ3n) is 4.34. The normalized spacial score (nSPS) is 11.3. The number of pyridine rings is 2.